The van der Waals surface area contributed by atoms with Gasteiger partial charge in [0, 0.05) is 4.88 Å². The van der Waals surface area contributed by atoms with E-state index in [9.17, 15) is 0 Å². The van der Waals surface area contributed by atoms with Gasteiger partial charge in [-0.05, 0) is 78.4 Å². The Morgan fingerprint density at radius 1 is 1.15 bits per heavy atom. The van der Waals surface area contributed by atoms with Crippen molar-refractivity contribution in [2.45, 2.75) is 77.1 Å². The smallest absolute Gasteiger partial charge is 0.192 e. The number of hydrogen-bond acceptors (Lipinski definition) is 2. The highest BCUT2D eigenvalue weighted by atomic mass is 32.1. The van der Waals surface area contributed by atoms with Crippen LogP contribution in [0.3, 0.4) is 0 Å². The summed E-state index contributed by atoms with van der Waals surface area (Å²) in [4.78, 5) is 1.36. The van der Waals surface area contributed by atoms with Gasteiger partial charge in [0.2, 0.25) is 0 Å². The summed E-state index contributed by atoms with van der Waals surface area (Å²) in [6, 6.07) is 13.3. The van der Waals surface area contributed by atoms with Crippen LogP contribution in [0.4, 0.5) is 0 Å². The summed E-state index contributed by atoms with van der Waals surface area (Å²) >= 11 is 1.86. The third kappa shape index (κ3) is 4.82. The Morgan fingerprint density at radius 2 is 1.85 bits per heavy atom. The van der Waals surface area contributed by atoms with Crippen molar-refractivity contribution < 1.29 is 4.43 Å². The maximum Gasteiger partial charge on any atom is 0.192 e. The summed E-state index contributed by atoms with van der Waals surface area (Å²) in [5.74, 6) is 0.675. The summed E-state index contributed by atoms with van der Waals surface area (Å²) < 4.78 is 6.59. The van der Waals surface area contributed by atoms with E-state index in [1.54, 1.807) is 0 Å². The van der Waals surface area contributed by atoms with Gasteiger partial charge >= 0.3 is 0 Å². The van der Waals surface area contributed by atoms with Gasteiger partial charge in [0.1, 0.15) is 0 Å². The van der Waals surface area contributed by atoms with Crippen LogP contribution in [0.5, 0.6) is 0 Å². The molecule has 0 N–H and O–H groups in total. The fourth-order valence-electron chi connectivity index (χ4n) is 3.54. The van der Waals surface area contributed by atoms with Crippen molar-refractivity contribution in [3.05, 3.63) is 63.9 Å². The minimum atomic E-state index is -1.74. The monoisotopic (exact) mass is 398 g/mol. The molecule has 1 heterocycles. The quantitative estimate of drug-likeness (QED) is 0.461. The molecular weight excluding hydrogens is 364 g/mol. The highest BCUT2D eigenvalue weighted by Gasteiger charge is 2.38. The lowest BCUT2D eigenvalue weighted by Crippen LogP contribution is -2.41. The van der Waals surface area contributed by atoms with E-state index in [2.05, 4.69) is 88.6 Å². The average Bonchev–Trinajstić information content (AvgIpc) is 3.12. The molecule has 3 heteroatoms. The molecule has 146 valence electrons. The van der Waals surface area contributed by atoms with Crippen LogP contribution in [-0.2, 0) is 4.43 Å². The highest BCUT2D eigenvalue weighted by Crippen LogP contribution is 2.42. The molecule has 2 aromatic rings. The van der Waals surface area contributed by atoms with Crippen LogP contribution in [0.25, 0.3) is 5.57 Å². The second-order valence-corrected chi connectivity index (χ2v) is 15.1. The number of allylic oxidation sites excluding steroid dienone is 2. The summed E-state index contributed by atoms with van der Waals surface area (Å²) in [6.45, 7) is 13.8. The molecule has 0 saturated heterocycles. The van der Waals surface area contributed by atoms with Crippen LogP contribution >= 0.6 is 11.3 Å². The van der Waals surface area contributed by atoms with E-state index in [-0.39, 0.29) is 11.1 Å². The first-order valence-corrected chi connectivity index (χ1v) is 14.0. The highest BCUT2D eigenvalue weighted by molar-refractivity contribution is 7.10. The minimum Gasteiger partial charge on any atom is -0.409 e. The van der Waals surface area contributed by atoms with Crippen molar-refractivity contribution in [2.24, 2.45) is 0 Å². The summed E-state index contributed by atoms with van der Waals surface area (Å²) in [6.07, 6.45) is 6.22. The summed E-state index contributed by atoms with van der Waals surface area (Å²) in [5, 5.41) is 2.58. The molecule has 1 aliphatic rings. The zero-order valence-electron chi connectivity index (χ0n) is 17.7. The first-order valence-electron chi connectivity index (χ1n) is 10.2. The third-order valence-corrected chi connectivity index (χ3v) is 12.0. The van der Waals surface area contributed by atoms with E-state index in [4.69, 9.17) is 4.43 Å². The van der Waals surface area contributed by atoms with Crippen molar-refractivity contribution >= 4 is 25.2 Å². The van der Waals surface area contributed by atoms with Gasteiger partial charge in [0.25, 0.3) is 0 Å². The standard InChI is InChI=1S/C24H34OSSi/c1-18(25-27(5,6)24(2,3)4)23-16-22(17-26-23)21-14-12-20(13-15-21)19-10-8-7-9-11-19/h7-11,14,16-18,20H,12-13,15H2,1-6H3. The molecule has 0 fully saturated rings. The van der Waals surface area contributed by atoms with Crippen LogP contribution in [0.1, 0.15) is 75.0 Å². The van der Waals surface area contributed by atoms with Gasteiger partial charge in [0.05, 0.1) is 6.10 Å². The normalized spacial score (nSPS) is 19.6. The maximum absolute atomic E-state index is 6.59. The minimum absolute atomic E-state index is 0.186. The zero-order chi connectivity index (χ0) is 19.7. The van der Waals surface area contributed by atoms with Crippen LogP contribution in [0, 0.1) is 0 Å². The fourth-order valence-corrected chi connectivity index (χ4v) is 5.90. The lowest BCUT2D eigenvalue weighted by Gasteiger charge is -2.38. The molecule has 1 aromatic carbocycles. The zero-order valence-corrected chi connectivity index (χ0v) is 19.5. The SMILES string of the molecule is CC(O[Si](C)(C)C(C)(C)C)c1cc(C2=CCC(c3ccccc3)CC2)cs1. The predicted octanol–water partition coefficient (Wildman–Crippen LogP) is 8.18. The second-order valence-electron chi connectivity index (χ2n) is 9.37. The van der Waals surface area contributed by atoms with E-state index in [1.165, 1.54) is 34.4 Å². The summed E-state index contributed by atoms with van der Waals surface area (Å²) in [5.41, 5.74) is 4.41. The molecule has 2 unspecified atom stereocenters. The van der Waals surface area contributed by atoms with Crippen molar-refractivity contribution in [1.29, 1.82) is 0 Å². The van der Waals surface area contributed by atoms with Crippen LogP contribution in [-0.4, -0.2) is 8.32 Å². The van der Waals surface area contributed by atoms with Crippen LogP contribution in [0.15, 0.2) is 47.9 Å². The molecule has 0 amide bonds. The number of benzene rings is 1. The topological polar surface area (TPSA) is 9.23 Å². The first-order chi connectivity index (χ1) is 12.7. The maximum atomic E-state index is 6.59. The van der Waals surface area contributed by atoms with Crippen molar-refractivity contribution in [3.8, 4) is 0 Å². The first kappa shape index (κ1) is 20.6. The Balaban J connectivity index is 1.67. The van der Waals surface area contributed by atoms with E-state index in [0.29, 0.717) is 5.92 Å². The Bertz CT molecular complexity index is 782. The molecule has 27 heavy (non-hydrogen) atoms. The van der Waals surface area contributed by atoms with Crippen LogP contribution in [0.2, 0.25) is 18.1 Å². The molecule has 0 saturated carbocycles. The second kappa shape index (κ2) is 8.06. The lowest BCUT2D eigenvalue weighted by atomic mass is 9.83. The van der Waals surface area contributed by atoms with Crippen molar-refractivity contribution in [2.75, 3.05) is 0 Å². The molecule has 0 spiro atoms. The number of rotatable bonds is 5. The van der Waals surface area contributed by atoms with E-state index in [1.807, 2.05) is 11.3 Å². The van der Waals surface area contributed by atoms with Gasteiger partial charge in [-0.3, -0.25) is 0 Å². The van der Waals surface area contributed by atoms with Crippen molar-refractivity contribution in [1.82, 2.24) is 0 Å². The average molecular weight is 399 g/mol. The fraction of sp³-hybridized carbons (Fsp3) is 0.500. The van der Waals surface area contributed by atoms with Gasteiger partial charge in [-0.15, -0.1) is 11.3 Å². The third-order valence-electron chi connectivity index (χ3n) is 6.35. The van der Waals surface area contributed by atoms with Gasteiger partial charge in [-0.1, -0.05) is 57.2 Å². The molecule has 2 atom stereocenters. The van der Waals surface area contributed by atoms with Gasteiger partial charge < -0.3 is 4.43 Å². The number of hydrogen-bond donors (Lipinski definition) is 0. The Kier molecular flexibility index (Phi) is 6.14. The molecule has 1 aromatic heterocycles. The Labute approximate surface area is 170 Å². The molecule has 0 bridgehead atoms. The molecular formula is C24H34OSSi. The van der Waals surface area contributed by atoms with E-state index >= 15 is 0 Å². The number of thiophene rings is 1. The lowest BCUT2D eigenvalue weighted by molar-refractivity contribution is 0.206. The molecule has 1 nitrogen and oxygen atoms in total. The molecule has 0 aliphatic heterocycles. The van der Waals surface area contributed by atoms with E-state index in [0.717, 1.165) is 6.42 Å². The Hall–Kier alpha value is -1.16. The summed E-state index contributed by atoms with van der Waals surface area (Å²) in [7, 11) is -1.74. The van der Waals surface area contributed by atoms with Gasteiger partial charge in [0.15, 0.2) is 8.32 Å². The van der Waals surface area contributed by atoms with E-state index < -0.39 is 8.32 Å². The molecule has 0 radical (unpaired) electrons. The Morgan fingerprint density at radius 3 is 2.44 bits per heavy atom. The molecule has 3 rings (SSSR count). The largest absolute Gasteiger partial charge is 0.409 e. The van der Waals surface area contributed by atoms with Gasteiger partial charge in [-0.2, -0.15) is 0 Å². The van der Waals surface area contributed by atoms with Crippen LogP contribution < -0.4 is 0 Å². The molecule has 1 aliphatic carbocycles. The predicted molar refractivity (Wildman–Crippen MR) is 122 cm³/mol. The van der Waals surface area contributed by atoms with Crippen molar-refractivity contribution in [3.63, 3.8) is 0 Å². The van der Waals surface area contributed by atoms with Gasteiger partial charge in [-0.25, -0.2) is 0 Å².